The average Bonchev–Trinajstić information content (AvgIpc) is 2.45. The molecule has 1 aliphatic heterocycles. The van der Waals surface area contributed by atoms with E-state index in [1.54, 1.807) is 0 Å². The van der Waals surface area contributed by atoms with Gasteiger partial charge in [-0.3, -0.25) is 0 Å². The summed E-state index contributed by atoms with van der Waals surface area (Å²) in [7, 11) is -3.43. The highest BCUT2D eigenvalue weighted by atomic mass is 32.2. The van der Waals surface area contributed by atoms with Crippen LogP contribution < -0.4 is 10.6 Å². The van der Waals surface area contributed by atoms with E-state index in [4.69, 9.17) is 0 Å². The molecule has 0 spiro atoms. The van der Waals surface area contributed by atoms with Gasteiger partial charge in [-0.1, -0.05) is 0 Å². The molecule has 0 amide bonds. The van der Waals surface area contributed by atoms with Gasteiger partial charge in [-0.05, 0) is 43.7 Å². The fourth-order valence-electron chi connectivity index (χ4n) is 2.39. The first kappa shape index (κ1) is 16.4. The highest BCUT2D eigenvalue weighted by Gasteiger charge is 2.28. The first-order chi connectivity index (χ1) is 9.91. The summed E-state index contributed by atoms with van der Waals surface area (Å²) in [6.07, 6.45) is 1.61. The maximum Gasteiger partial charge on any atom is 0.179 e. The van der Waals surface area contributed by atoms with Crippen molar-refractivity contribution in [1.29, 1.82) is 0 Å². The molecule has 1 aromatic carbocycles. The van der Waals surface area contributed by atoms with Crippen molar-refractivity contribution in [3.8, 4) is 0 Å². The van der Waals surface area contributed by atoms with Gasteiger partial charge < -0.3 is 15.7 Å². The van der Waals surface area contributed by atoms with Crippen LogP contribution in [0.5, 0.6) is 0 Å². The summed E-state index contributed by atoms with van der Waals surface area (Å²) in [6, 6.07) is 4.81. The van der Waals surface area contributed by atoms with Crippen molar-refractivity contribution in [2.45, 2.75) is 23.3 Å². The molecule has 5 nitrogen and oxygen atoms in total. The number of piperidine rings is 1. The Labute approximate surface area is 124 Å². The Bertz CT molecular complexity index is 554. The van der Waals surface area contributed by atoms with Gasteiger partial charge >= 0.3 is 0 Å². The molecule has 0 bridgehead atoms. The van der Waals surface area contributed by atoms with Gasteiger partial charge in [-0.25, -0.2) is 12.8 Å². The number of rotatable bonds is 6. The van der Waals surface area contributed by atoms with Crippen LogP contribution in [0.1, 0.15) is 12.8 Å². The molecule has 3 N–H and O–H groups in total. The summed E-state index contributed by atoms with van der Waals surface area (Å²) in [6.45, 7) is 2.03. The number of nitrogens with one attached hydrogen (secondary N) is 2. The Hall–Kier alpha value is -1.02. The maximum atomic E-state index is 12.8. The van der Waals surface area contributed by atoms with E-state index in [2.05, 4.69) is 10.6 Å². The van der Waals surface area contributed by atoms with Gasteiger partial charge in [0.15, 0.2) is 9.84 Å². The molecule has 1 saturated heterocycles. The smallest absolute Gasteiger partial charge is 0.179 e. The van der Waals surface area contributed by atoms with Crippen LogP contribution in [0, 0.1) is 5.82 Å². The molecule has 0 aliphatic carbocycles. The molecular weight excluding hydrogens is 295 g/mol. The molecule has 0 saturated carbocycles. The molecule has 21 heavy (non-hydrogen) atoms. The van der Waals surface area contributed by atoms with Crippen molar-refractivity contribution in [1.82, 2.24) is 10.6 Å². The number of sulfone groups is 1. The van der Waals surface area contributed by atoms with E-state index < -0.39 is 21.3 Å². The van der Waals surface area contributed by atoms with Crippen LogP contribution in [0.2, 0.25) is 0 Å². The van der Waals surface area contributed by atoms with E-state index >= 15 is 0 Å². The second-order valence-electron chi connectivity index (χ2n) is 5.45. The normalized spacial score (nSPS) is 23.1. The number of aliphatic hydroxyl groups is 1. The van der Waals surface area contributed by atoms with E-state index in [0.717, 1.165) is 25.1 Å². The molecule has 2 rings (SSSR count). The summed E-state index contributed by atoms with van der Waals surface area (Å²) < 4.78 is 36.9. The van der Waals surface area contributed by atoms with Gasteiger partial charge in [0.05, 0.1) is 16.2 Å². The number of hydrogen-bond donors (Lipinski definition) is 3. The molecule has 1 aliphatic rings. The van der Waals surface area contributed by atoms with Crippen LogP contribution in [0.3, 0.4) is 0 Å². The summed E-state index contributed by atoms with van der Waals surface area (Å²) in [5, 5.41) is 16.3. The van der Waals surface area contributed by atoms with E-state index in [1.807, 2.05) is 0 Å². The third kappa shape index (κ3) is 4.74. The lowest BCUT2D eigenvalue weighted by Crippen LogP contribution is -2.52. The quantitative estimate of drug-likeness (QED) is 0.520. The highest BCUT2D eigenvalue weighted by Crippen LogP contribution is 2.15. The first-order valence-electron chi connectivity index (χ1n) is 7.03. The lowest BCUT2D eigenvalue weighted by atomic mass is 9.94. The van der Waals surface area contributed by atoms with Gasteiger partial charge in [-0.2, -0.15) is 0 Å². The Balaban J connectivity index is 1.81. The van der Waals surface area contributed by atoms with Crippen molar-refractivity contribution in [2.75, 3.05) is 31.9 Å². The molecule has 118 valence electrons. The van der Waals surface area contributed by atoms with Crippen molar-refractivity contribution in [3.63, 3.8) is 0 Å². The minimum absolute atomic E-state index is 0.0812. The van der Waals surface area contributed by atoms with E-state index in [1.165, 1.54) is 12.1 Å². The van der Waals surface area contributed by atoms with Crippen LogP contribution in [-0.4, -0.2) is 51.1 Å². The monoisotopic (exact) mass is 316 g/mol. The number of benzene rings is 1. The fraction of sp³-hybridized carbons (Fsp3) is 0.571. The summed E-state index contributed by atoms with van der Waals surface area (Å²) in [5.74, 6) is -0.540. The van der Waals surface area contributed by atoms with Crippen molar-refractivity contribution in [3.05, 3.63) is 30.1 Å². The third-order valence-electron chi connectivity index (χ3n) is 3.62. The van der Waals surface area contributed by atoms with Crippen LogP contribution in [-0.2, 0) is 9.84 Å². The minimum Gasteiger partial charge on any atom is -0.387 e. The second kappa shape index (κ2) is 6.83. The maximum absolute atomic E-state index is 12.8. The zero-order valence-electron chi connectivity index (χ0n) is 11.8. The summed E-state index contributed by atoms with van der Waals surface area (Å²) >= 11 is 0. The number of β-amino-alcohol motifs (C(OH)–C–C–N with tert-alkyl or cyclic N) is 1. The average molecular weight is 316 g/mol. The molecule has 0 radical (unpaired) electrons. The van der Waals surface area contributed by atoms with Gasteiger partial charge in [0.2, 0.25) is 0 Å². The Morgan fingerprint density at radius 2 is 2.05 bits per heavy atom. The number of halogens is 1. The standard InChI is InChI=1S/C14H21FN2O3S/c15-12-2-4-13(5-3-12)21(19,20)9-8-17-11-14(18)6-1-7-16-10-14/h2-5,16-18H,1,6-11H2/t14-/m1/s1. The molecule has 1 fully saturated rings. The zero-order valence-corrected chi connectivity index (χ0v) is 12.6. The summed E-state index contributed by atoms with van der Waals surface area (Å²) in [5.41, 5.74) is -0.808. The van der Waals surface area contributed by atoms with Crippen LogP contribution >= 0.6 is 0 Å². The predicted octanol–water partition coefficient (Wildman–Crippen LogP) is 0.304. The zero-order chi connectivity index (χ0) is 15.3. The van der Waals surface area contributed by atoms with Crippen LogP contribution in [0.4, 0.5) is 4.39 Å². The lowest BCUT2D eigenvalue weighted by Gasteiger charge is -2.32. The third-order valence-corrected chi connectivity index (χ3v) is 5.36. The van der Waals surface area contributed by atoms with E-state index in [9.17, 15) is 17.9 Å². The highest BCUT2D eigenvalue weighted by molar-refractivity contribution is 7.91. The van der Waals surface area contributed by atoms with Crippen molar-refractivity contribution >= 4 is 9.84 Å². The van der Waals surface area contributed by atoms with Gasteiger partial charge in [0.25, 0.3) is 0 Å². The van der Waals surface area contributed by atoms with Crippen LogP contribution in [0.25, 0.3) is 0 Å². The molecule has 0 unspecified atom stereocenters. The summed E-state index contributed by atoms with van der Waals surface area (Å²) in [4.78, 5) is 0.115. The second-order valence-corrected chi connectivity index (χ2v) is 7.56. The van der Waals surface area contributed by atoms with E-state index in [-0.39, 0.29) is 17.2 Å². The molecular formula is C14H21FN2O3S. The van der Waals surface area contributed by atoms with Gasteiger partial charge in [0.1, 0.15) is 5.82 Å². The largest absolute Gasteiger partial charge is 0.387 e. The molecule has 1 aromatic rings. The SMILES string of the molecule is O=S(=O)(CCNC[C@@]1(O)CCCNC1)c1ccc(F)cc1. The minimum atomic E-state index is -3.43. The molecule has 7 heteroatoms. The van der Waals surface area contributed by atoms with Crippen molar-refractivity contribution in [2.24, 2.45) is 0 Å². The first-order valence-corrected chi connectivity index (χ1v) is 8.69. The Morgan fingerprint density at radius 1 is 1.33 bits per heavy atom. The molecule has 1 heterocycles. The topological polar surface area (TPSA) is 78.4 Å². The predicted molar refractivity (Wildman–Crippen MR) is 78.4 cm³/mol. The molecule has 1 atom stereocenters. The van der Waals surface area contributed by atoms with E-state index in [0.29, 0.717) is 19.5 Å². The molecule has 0 aromatic heterocycles. The Kier molecular flexibility index (Phi) is 5.32. The number of hydrogen-bond acceptors (Lipinski definition) is 5. The van der Waals surface area contributed by atoms with Gasteiger partial charge in [-0.15, -0.1) is 0 Å². The fourth-order valence-corrected chi connectivity index (χ4v) is 3.59. The van der Waals surface area contributed by atoms with Crippen LogP contribution in [0.15, 0.2) is 29.2 Å². The lowest BCUT2D eigenvalue weighted by molar-refractivity contribution is 0.0177. The Morgan fingerprint density at radius 3 is 2.67 bits per heavy atom. The van der Waals surface area contributed by atoms with Crippen molar-refractivity contribution < 1.29 is 17.9 Å². The van der Waals surface area contributed by atoms with Gasteiger partial charge in [0, 0.05) is 19.6 Å².